The molecule has 18 heavy (non-hydrogen) atoms. The second-order valence-electron chi connectivity index (χ2n) is 4.70. The van der Waals surface area contributed by atoms with Crippen LogP contribution in [0.5, 0.6) is 5.75 Å². The van der Waals surface area contributed by atoms with Crippen LogP contribution in [0.25, 0.3) is 0 Å². The highest BCUT2D eigenvalue weighted by Crippen LogP contribution is 2.18. The van der Waals surface area contributed by atoms with Crippen molar-refractivity contribution in [3.63, 3.8) is 0 Å². The quantitative estimate of drug-likeness (QED) is 0.769. The van der Waals surface area contributed by atoms with Gasteiger partial charge in [-0.1, -0.05) is 12.1 Å². The molecule has 1 heterocycles. The summed E-state index contributed by atoms with van der Waals surface area (Å²) in [6.07, 6.45) is 3.56. The molecule has 1 aromatic carbocycles. The molecule has 0 spiro atoms. The highest BCUT2D eigenvalue weighted by molar-refractivity contribution is 6.58. The third-order valence-electron chi connectivity index (χ3n) is 3.20. The topological polar surface area (TPSA) is 58.9 Å². The van der Waals surface area contributed by atoms with Crippen LogP contribution in [0.3, 0.4) is 0 Å². The predicted octanol–water partition coefficient (Wildman–Crippen LogP) is 0.623. The lowest BCUT2D eigenvalue weighted by Gasteiger charge is -2.23. The molecule has 1 fully saturated rings. The summed E-state index contributed by atoms with van der Waals surface area (Å²) in [6, 6.07) is 5.16. The van der Waals surface area contributed by atoms with Crippen LogP contribution in [0.15, 0.2) is 18.2 Å². The molecule has 0 aromatic heterocycles. The molecule has 1 saturated heterocycles. The summed E-state index contributed by atoms with van der Waals surface area (Å²) in [4.78, 5) is 0. The van der Waals surface area contributed by atoms with Gasteiger partial charge in [-0.3, -0.25) is 0 Å². The molecule has 0 radical (unpaired) electrons. The summed E-state index contributed by atoms with van der Waals surface area (Å²) in [5.41, 5.74) is 1.38. The Hall–Kier alpha value is -1.04. The Morgan fingerprint density at radius 1 is 1.39 bits per heavy atom. The molecule has 0 amide bonds. The number of ether oxygens (including phenoxy) is 2. The number of benzene rings is 1. The minimum Gasteiger partial charge on any atom is -0.491 e. The van der Waals surface area contributed by atoms with Gasteiger partial charge in [-0.15, -0.1) is 0 Å². The first-order valence-electron chi connectivity index (χ1n) is 6.38. The molecule has 1 aliphatic rings. The van der Waals surface area contributed by atoms with Crippen molar-refractivity contribution in [1.82, 2.24) is 0 Å². The summed E-state index contributed by atoms with van der Waals surface area (Å²) >= 11 is 0. The van der Waals surface area contributed by atoms with E-state index < -0.39 is 7.12 Å². The highest BCUT2D eigenvalue weighted by atomic mass is 16.5. The molecule has 4 nitrogen and oxygen atoms in total. The molecular weight excluding hydrogens is 231 g/mol. The Labute approximate surface area is 108 Å². The number of aryl methyl sites for hydroxylation is 1. The lowest BCUT2D eigenvalue weighted by molar-refractivity contribution is -0.0111. The normalized spacial score (nSPS) is 19.6. The Bertz CT molecular complexity index is 389. The number of hydrogen-bond acceptors (Lipinski definition) is 4. The first-order valence-corrected chi connectivity index (χ1v) is 6.38. The van der Waals surface area contributed by atoms with Gasteiger partial charge in [-0.25, -0.2) is 0 Å². The van der Waals surface area contributed by atoms with Crippen molar-refractivity contribution in [3.05, 3.63) is 23.8 Å². The van der Waals surface area contributed by atoms with Crippen molar-refractivity contribution < 1.29 is 19.5 Å². The molecule has 98 valence electrons. The summed E-state index contributed by atoms with van der Waals surface area (Å²) in [5, 5.41) is 18.1. The third kappa shape index (κ3) is 3.48. The summed E-state index contributed by atoms with van der Waals surface area (Å²) in [6.45, 7) is 3.27. The van der Waals surface area contributed by atoms with Crippen LogP contribution < -0.4 is 10.2 Å². The molecular formula is C13H19BO4. The van der Waals surface area contributed by atoms with E-state index in [1.165, 1.54) is 6.42 Å². The van der Waals surface area contributed by atoms with Crippen molar-refractivity contribution in [2.45, 2.75) is 32.3 Å². The number of rotatable bonds is 4. The van der Waals surface area contributed by atoms with Crippen LogP contribution >= 0.6 is 0 Å². The number of hydrogen-bond donors (Lipinski definition) is 2. The Morgan fingerprint density at radius 3 is 2.83 bits per heavy atom. The molecule has 1 atom stereocenters. The van der Waals surface area contributed by atoms with Gasteiger partial charge in [0.05, 0.1) is 6.10 Å². The maximum absolute atomic E-state index is 9.07. The minimum absolute atomic E-state index is 0.182. The van der Waals surface area contributed by atoms with Gasteiger partial charge in [0.25, 0.3) is 0 Å². The lowest BCUT2D eigenvalue weighted by atomic mass is 9.79. The van der Waals surface area contributed by atoms with Crippen LogP contribution in [0.2, 0.25) is 0 Å². The van der Waals surface area contributed by atoms with Gasteiger partial charge in [0.15, 0.2) is 0 Å². The minimum atomic E-state index is -1.43. The molecule has 1 unspecified atom stereocenters. The molecule has 0 saturated carbocycles. The predicted molar refractivity (Wildman–Crippen MR) is 70.1 cm³/mol. The van der Waals surface area contributed by atoms with Crippen LogP contribution in [0.1, 0.15) is 24.8 Å². The average Bonchev–Trinajstić information content (AvgIpc) is 2.38. The van der Waals surface area contributed by atoms with Crippen molar-refractivity contribution >= 4 is 12.6 Å². The average molecular weight is 250 g/mol. The van der Waals surface area contributed by atoms with Crippen LogP contribution in [-0.2, 0) is 4.74 Å². The van der Waals surface area contributed by atoms with Crippen molar-refractivity contribution in [1.29, 1.82) is 0 Å². The fourth-order valence-corrected chi connectivity index (χ4v) is 2.12. The zero-order valence-corrected chi connectivity index (χ0v) is 10.6. The third-order valence-corrected chi connectivity index (χ3v) is 3.20. The van der Waals surface area contributed by atoms with E-state index >= 15 is 0 Å². The molecule has 0 bridgehead atoms. The molecule has 1 aromatic rings. The summed E-state index contributed by atoms with van der Waals surface area (Å²) in [7, 11) is -1.43. The molecule has 0 aliphatic carbocycles. The summed E-state index contributed by atoms with van der Waals surface area (Å²) < 4.78 is 11.3. The van der Waals surface area contributed by atoms with E-state index in [4.69, 9.17) is 19.5 Å². The van der Waals surface area contributed by atoms with E-state index in [0.29, 0.717) is 12.1 Å². The smallest absolute Gasteiger partial charge is 0.488 e. The van der Waals surface area contributed by atoms with E-state index in [-0.39, 0.29) is 6.10 Å². The highest BCUT2D eigenvalue weighted by Gasteiger charge is 2.16. The lowest BCUT2D eigenvalue weighted by Crippen LogP contribution is -2.30. The Morgan fingerprint density at radius 2 is 2.22 bits per heavy atom. The van der Waals surface area contributed by atoms with Crippen LogP contribution in [0.4, 0.5) is 0 Å². The summed E-state index contributed by atoms with van der Waals surface area (Å²) in [5.74, 6) is 0.772. The monoisotopic (exact) mass is 250 g/mol. The van der Waals surface area contributed by atoms with E-state index in [9.17, 15) is 0 Å². The van der Waals surface area contributed by atoms with Gasteiger partial charge in [-0.05, 0) is 43.3 Å². The van der Waals surface area contributed by atoms with E-state index in [1.54, 1.807) is 18.2 Å². The van der Waals surface area contributed by atoms with Crippen LogP contribution in [-0.4, -0.2) is 36.5 Å². The van der Waals surface area contributed by atoms with Gasteiger partial charge in [-0.2, -0.15) is 0 Å². The molecule has 5 heteroatoms. The fraction of sp³-hybridized carbons (Fsp3) is 0.538. The van der Waals surface area contributed by atoms with Gasteiger partial charge < -0.3 is 19.5 Å². The molecule has 2 N–H and O–H groups in total. The van der Waals surface area contributed by atoms with Gasteiger partial charge >= 0.3 is 7.12 Å². The Kier molecular flexibility index (Phi) is 4.63. The molecule has 2 rings (SSSR count). The second kappa shape index (κ2) is 6.23. The van der Waals surface area contributed by atoms with Crippen LogP contribution in [0, 0.1) is 6.92 Å². The zero-order chi connectivity index (χ0) is 13.0. The second-order valence-corrected chi connectivity index (χ2v) is 4.70. The van der Waals surface area contributed by atoms with E-state index in [1.807, 2.05) is 6.92 Å². The standard InChI is InChI=1S/C13H19BO4/c1-10-8-11(14(15)16)5-6-13(10)18-9-12-4-2-3-7-17-12/h5-6,8,12,15-16H,2-4,7,9H2,1H3. The first-order chi connectivity index (χ1) is 8.66. The van der Waals surface area contributed by atoms with Gasteiger partial charge in [0, 0.05) is 6.61 Å². The van der Waals surface area contributed by atoms with Crippen molar-refractivity contribution in [3.8, 4) is 5.75 Å². The SMILES string of the molecule is Cc1cc(B(O)O)ccc1OCC1CCCCO1. The maximum atomic E-state index is 9.07. The molecule has 1 aliphatic heterocycles. The van der Waals surface area contributed by atoms with Crippen molar-refractivity contribution in [2.24, 2.45) is 0 Å². The van der Waals surface area contributed by atoms with E-state index in [2.05, 4.69) is 0 Å². The maximum Gasteiger partial charge on any atom is 0.488 e. The van der Waals surface area contributed by atoms with Gasteiger partial charge in [0.2, 0.25) is 0 Å². The fourth-order valence-electron chi connectivity index (χ4n) is 2.12. The van der Waals surface area contributed by atoms with Crippen molar-refractivity contribution in [2.75, 3.05) is 13.2 Å². The van der Waals surface area contributed by atoms with E-state index in [0.717, 1.165) is 30.8 Å². The zero-order valence-electron chi connectivity index (χ0n) is 10.6. The first kappa shape index (κ1) is 13.4. The largest absolute Gasteiger partial charge is 0.491 e. The van der Waals surface area contributed by atoms with Gasteiger partial charge in [0.1, 0.15) is 12.4 Å². The Balaban J connectivity index is 1.92.